The second-order valence-electron chi connectivity index (χ2n) is 5.78. The van der Waals surface area contributed by atoms with E-state index in [4.69, 9.17) is 16.3 Å². The molecule has 0 fully saturated rings. The van der Waals surface area contributed by atoms with Crippen molar-refractivity contribution < 1.29 is 9.53 Å². The van der Waals surface area contributed by atoms with E-state index in [9.17, 15) is 4.79 Å². The average Bonchev–Trinajstić information content (AvgIpc) is 3.14. The molecular formula is C20H20ClN3O2. The number of halogens is 1. The number of carbonyl (C=O) groups excluding carboxylic acids is 1. The van der Waals surface area contributed by atoms with E-state index in [0.29, 0.717) is 23.7 Å². The van der Waals surface area contributed by atoms with Gasteiger partial charge >= 0.3 is 0 Å². The van der Waals surface area contributed by atoms with Gasteiger partial charge in [0, 0.05) is 23.3 Å². The molecule has 0 aliphatic rings. The van der Waals surface area contributed by atoms with E-state index in [1.807, 2.05) is 48.1 Å². The summed E-state index contributed by atoms with van der Waals surface area (Å²) in [7, 11) is 0. The first-order valence-corrected chi connectivity index (χ1v) is 8.79. The highest BCUT2D eigenvalue weighted by atomic mass is 35.5. The number of aryl methyl sites for hydroxylation is 1. The second kappa shape index (κ2) is 8.54. The maximum atomic E-state index is 12.2. The molecule has 0 unspecified atom stereocenters. The lowest BCUT2D eigenvalue weighted by Gasteiger charge is -2.08. The van der Waals surface area contributed by atoms with Crippen LogP contribution in [0, 0.1) is 0 Å². The second-order valence-corrected chi connectivity index (χ2v) is 6.22. The zero-order chi connectivity index (χ0) is 18.4. The van der Waals surface area contributed by atoms with Crippen LogP contribution >= 0.6 is 11.6 Å². The first kappa shape index (κ1) is 18.0. The van der Waals surface area contributed by atoms with Crippen molar-refractivity contribution in [1.29, 1.82) is 0 Å². The Morgan fingerprint density at radius 3 is 2.50 bits per heavy atom. The van der Waals surface area contributed by atoms with Crippen molar-refractivity contribution in [3.63, 3.8) is 0 Å². The van der Waals surface area contributed by atoms with Crippen LogP contribution in [0.15, 0.2) is 60.8 Å². The maximum Gasteiger partial charge on any atom is 0.251 e. The molecule has 0 aliphatic carbocycles. The fourth-order valence-corrected chi connectivity index (χ4v) is 2.52. The van der Waals surface area contributed by atoms with E-state index in [-0.39, 0.29) is 5.91 Å². The summed E-state index contributed by atoms with van der Waals surface area (Å²) in [4.78, 5) is 12.2. The van der Waals surface area contributed by atoms with Crippen molar-refractivity contribution in [2.75, 3.05) is 0 Å². The Balaban J connectivity index is 1.51. The van der Waals surface area contributed by atoms with E-state index in [0.717, 1.165) is 23.6 Å². The molecule has 0 spiro atoms. The van der Waals surface area contributed by atoms with Crippen LogP contribution in [0.4, 0.5) is 0 Å². The largest absolute Gasteiger partial charge is 0.489 e. The van der Waals surface area contributed by atoms with Gasteiger partial charge in [-0.2, -0.15) is 5.10 Å². The summed E-state index contributed by atoms with van der Waals surface area (Å²) in [5.74, 6) is 0.629. The zero-order valence-electron chi connectivity index (χ0n) is 14.5. The number of hydrogen-bond donors (Lipinski definition) is 1. The molecule has 1 amide bonds. The quantitative estimate of drug-likeness (QED) is 0.683. The summed E-state index contributed by atoms with van der Waals surface area (Å²) < 4.78 is 7.53. The highest BCUT2D eigenvalue weighted by Gasteiger charge is 2.07. The standard InChI is InChI=1S/C20H20ClN3O2/c1-2-24-12-11-18(23-24)13-22-20(25)16-5-3-15(4-6-16)14-26-19-9-7-17(21)8-10-19/h3-12H,2,13-14H2,1H3,(H,22,25). The minimum atomic E-state index is -0.124. The van der Waals surface area contributed by atoms with Crippen LogP contribution in [0.2, 0.25) is 5.02 Å². The maximum absolute atomic E-state index is 12.2. The molecule has 0 saturated heterocycles. The smallest absolute Gasteiger partial charge is 0.251 e. The molecule has 3 rings (SSSR count). The van der Waals surface area contributed by atoms with Crippen molar-refractivity contribution in [3.8, 4) is 5.75 Å². The molecule has 1 N–H and O–H groups in total. The van der Waals surface area contributed by atoms with Crippen molar-refractivity contribution in [3.05, 3.63) is 82.6 Å². The summed E-state index contributed by atoms with van der Waals surface area (Å²) in [6.07, 6.45) is 1.90. The summed E-state index contributed by atoms with van der Waals surface area (Å²) >= 11 is 5.85. The van der Waals surface area contributed by atoms with Crippen LogP contribution in [0.25, 0.3) is 0 Å². The van der Waals surface area contributed by atoms with Crippen LogP contribution in [0.5, 0.6) is 5.75 Å². The van der Waals surface area contributed by atoms with E-state index in [1.54, 1.807) is 24.3 Å². The lowest BCUT2D eigenvalue weighted by molar-refractivity contribution is 0.0950. The molecule has 1 heterocycles. The van der Waals surface area contributed by atoms with Crippen molar-refractivity contribution in [2.45, 2.75) is 26.6 Å². The van der Waals surface area contributed by atoms with Gasteiger partial charge in [0.15, 0.2) is 0 Å². The van der Waals surface area contributed by atoms with Crippen LogP contribution in [0.3, 0.4) is 0 Å². The molecule has 5 nitrogen and oxygen atoms in total. The molecule has 0 bridgehead atoms. The van der Waals surface area contributed by atoms with Gasteiger partial charge in [-0.15, -0.1) is 0 Å². The first-order chi connectivity index (χ1) is 12.6. The van der Waals surface area contributed by atoms with Crippen LogP contribution < -0.4 is 10.1 Å². The first-order valence-electron chi connectivity index (χ1n) is 8.42. The Labute approximate surface area is 157 Å². The molecule has 0 aliphatic heterocycles. The number of aromatic nitrogens is 2. The van der Waals surface area contributed by atoms with Crippen LogP contribution in [-0.4, -0.2) is 15.7 Å². The SMILES string of the molecule is CCn1ccc(CNC(=O)c2ccc(COc3ccc(Cl)cc3)cc2)n1. The minimum absolute atomic E-state index is 0.124. The van der Waals surface area contributed by atoms with Gasteiger partial charge < -0.3 is 10.1 Å². The van der Waals surface area contributed by atoms with Gasteiger partial charge in [0.25, 0.3) is 5.91 Å². The number of hydrogen-bond acceptors (Lipinski definition) is 3. The van der Waals surface area contributed by atoms with Gasteiger partial charge in [-0.3, -0.25) is 9.48 Å². The van der Waals surface area contributed by atoms with Gasteiger partial charge in [-0.25, -0.2) is 0 Å². The molecular weight excluding hydrogens is 350 g/mol. The molecule has 6 heteroatoms. The number of amides is 1. The lowest BCUT2D eigenvalue weighted by atomic mass is 10.1. The summed E-state index contributed by atoms with van der Waals surface area (Å²) in [6.45, 7) is 3.67. The minimum Gasteiger partial charge on any atom is -0.489 e. The Kier molecular flexibility index (Phi) is 5.92. The van der Waals surface area contributed by atoms with Gasteiger partial charge in [-0.1, -0.05) is 23.7 Å². The van der Waals surface area contributed by atoms with Gasteiger partial charge in [0.1, 0.15) is 12.4 Å². The number of carbonyl (C=O) groups is 1. The number of nitrogens with zero attached hydrogens (tertiary/aromatic N) is 2. The topological polar surface area (TPSA) is 56.2 Å². The van der Waals surface area contributed by atoms with Gasteiger partial charge in [0.2, 0.25) is 0 Å². The predicted octanol–water partition coefficient (Wildman–Crippen LogP) is 4.07. The number of ether oxygens (including phenoxy) is 1. The molecule has 0 saturated carbocycles. The summed E-state index contributed by atoms with van der Waals surface area (Å²) in [6, 6.07) is 16.5. The van der Waals surface area contributed by atoms with Crippen LogP contribution in [0.1, 0.15) is 28.5 Å². The van der Waals surface area contributed by atoms with E-state index >= 15 is 0 Å². The number of nitrogens with one attached hydrogen (secondary N) is 1. The van der Waals surface area contributed by atoms with E-state index in [2.05, 4.69) is 10.4 Å². The molecule has 2 aromatic carbocycles. The van der Waals surface area contributed by atoms with E-state index in [1.165, 1.54) is 0 Å². The fourth-order valence-electron chi connectivity index (χ4n) is 2.40. The third kappa shape index (κ3) is 4.86. The van der Waals surface area contributed by atoms with Crippen molar-refractivity contribution in [2.24, 2.45) is 0 Å². The highest BCUT2D eigenvalue weighted by molar-refractivity contribution is 6.30. The Morgan fingerprint density at radius 2 is 1.85 bits per heavy atom. The molecule has 3 aromatic rings. The third-order valence-corrected chi connectivity index (χ3v) is 4.14. The van der Waals surface area contributed by atoms with Crippen molar-refractivity contribution in [1.82, 2.24) is 15.1 Å². The van der Waals surface area contributed by atoms with Crippen LogP contribution in [-0.2, 0) is 19.7 Å². The average molecular weight is 370 g/mol. The van der Waals surface area contributed by atoms with Gasteiger partial charge in [-0.05, 0) is 55.0 Å². The third-order valence-electron chi connectivity index (χ3n) is 3.89. The fraction of sp³-hybridized carbons (Fsp3) is 0.200. The lowest BCUT2D eigenvalue weighted by Crippen LogP contribution is -2.23. The molecule has 0 radical (unpaired) electrons. The summed E-state index contributed by atoms with van der Waals surface area (Å²) in [5.41, 5.74) is 2.43. The normalized spacial score (nSPS) is 10.5. The predicted molar refractivity (Wildman–Crippen MR) is 101 cm³/mol. The molecule has 1 aromatic heterocycles. The monoisotopic (exact) mass is 369 g/mol. The Hall–Kier alpha value is -2.79. The number of benzene rings is 2. The highest BCUT2D eigenvalue weighted by Crippen LogP contribution is 2.17. The van der Waals surface area contributed by atoms with E-state index < -0.39 is 0 Å². The molecule has 134 valence electrons. The van der Waals surface area contributed by atoms with Gasteiger partial charge in [0.05, 0.1) is 12.2 Å². The molecule has 26 heavy (non-hydrogen) atoms. The Morgan fingerprint density at radius 1 is 1.12 bits per heavy atom. The molecule has 0 atom stereocenters. The Bertz CT molecular complexity index is 858. The van der Waals surface area contributed by atoms with Crippen molar-refractivity contribution >= 4 is 17.5 Å². The summed E-state index contributed by atoms with van der Waals surface area (Å²) in [5, 5.41) is 7.90. The number of rotatable bonds is 7. The zero-order valence-corrected chi connectivity index (χ0v) is 15.2.